The molecule has 0 bridgehead atoms. The van der Waals surface area contributed by atoms with Gasteiger partial charge in [-0.05, 0) is 19.3 Å². The second kappa shape index (κ2) is 3.53. The maximum atomic E-state index is 11.7. The number of hydrogen-bond acceptors (Lipinski definition) is 3. The number of sulfone groups is 1. The quantitative estimate of drug-likeness (QED) is 0.623. The lowest BCUT2D eigenvalue weighted by Crippen LogP contribution is -2.34. The number of rotatable bonds is 1. The van der Waals surface area contributed by atoms with E-state index in [1.54, 1.807) is 4.90 Å². The molecule has 0 spiro atoms. The number of nitrogens with zero attached hydrogens (tertiary/aromatic N) is 1. The third-order valence-electron chi connectivity index (χ3n) is 2.79. The van der Waals surface area contributed by atoms with Crippen LogP contribution in [0.3, 0.4) is 0 Å². The van der Waals surface area contributed by atoms with Crippen LogP contribution < -0.4 is 0 Å². The molecule has 0 aromatic rings. The van der Waals surface area contributed by atoms with Crippen molar-refractivity contribution in [2.75, 3.05) is 24.6 Å². The van der Waals surface area contributed by atoms with Crippen molar-refractivity contribution in [2.45, 2.75) is 19.3 Å². The number of carbonyl (C=O) groups excluding carboxylic acids is 1. The second-order valence-corrected chi connectivity index (χ2v) is 6.41. The van der Waals surface area contributed by atoms with Crippen molar-refractivity contribution in [3.05, 3.63) is 0 Å². The molecule has 0 N–H and O–H groups in total. The Bertz CT molecular complexity index is 332. The van der Waals surface area contributed by atoms with Gasteiger partial charge in [-0.15, -0.1) is 0 Å². The van der Waals surface area contributed by atoms with Gasteiger partial charge in [0.1, 0.15) is 0 Å². The van der Waals surface area contributed by atoms with Crippen LogP contribution in [0, 0.1) is 5.92 Å². The van der Waals surface area contributed by atoms with Crippen molar-refractivity contribution in [2.24, 2.45) is 5.92 Å². The highest BCUT2D eigenvalue weighted by Crippen LogP contribution is 2.31. The molecule has 1 aliphatic heterocycles. The van der Waals surface area contributed by atoms with Gasteiger partial charge in [-0.1, -0.05) is 0 Å². The molecule has 0 aromatic carbocycles. The molecule has 80 valence electrons. The zero-order valence-corrected chi connectivity index (χ0v) is 8.92. The van der Waals surface area contributed by atoms with Gasteiger partial charge >= 0.3 is 0 Å². The Labute approximate surface area is 84.2 Å². The Morgan fingerprint density at radius 3 is 2.50 bits per heavy atom. The van der Waals surface area contributed by atoms with Gasteiger partial charge in [-0.2, -0.15) is 0 Å². The van der Waals surface area contributed by atoms with Crippen LogP contribution in [0.25, 0.3) is 0 Å². The average molecular weight is 217 g/mol. The number of amides is 1. The molecule has 1 saturated carbocycles. The summed E-state index contributed by atoms with van der Waals surface area (Å²) >= 11 is 0. The van der Waals surface area contributed by atoms with Crippen molar-refractivity contribution in [3.8, 4) is 0 Å². The predicted molar refractivity (Wildman–Crippen MR) is 52.6 cm³/mol. The summed E-state index contributed by atoms with van der Waals surface area (Å²) < 4.78 is 22.6. The fourth-order valence-corrected chi connectivity index (χ4v) is 3.02. The minimum Gasteiger partial charge on any atom is -0.341 e. The Kier molecular flexibility index (Phi) is 2.51. The summed E-state index contributed by atoms with van der Waals surface area (Å²) in [5, 5.41) is 0. The first kappa shape index (κ1) is 9.96. The molecule has 1 saturated heterocycles. The van der Waals surface area contributed by atoms with Gasteiger partial charge in [0.25, 0.3) is 0 Å². The first-order valence-electron chi connectivity index (χ1n) is 5.08. The van der Waals surface area contributed by atoms with Crippen molar-refractivity contribution in [3.63, 3.8) is 0 Å². The fourth-order valence-electron chi connectivity index (χ4n) is 1.75. The summed E-state index contributed by atoms with van der Waals surface area (Å²) in [5.74, 6) is 0.755. The zero-order chi connectivity index (χ0) is 10.2. The third kappa shape index (κ3) is 2.26. The van der Waals surface area contributed by atoms with Gasteiger partial charge in [-0.25, -0.2) is 8.42 Å². The first-order valence-corrected chi connectivity index (χ1v) is 6.90. The van der Waals surface area contributed by atoms with Gasteiger partial charge in [0.15, 0.2) is 9.84 Å². The maximum absolute atomic E-state index is 11.7. The van der Waals surface area contributed by atoms with Gasteiger partial charge < -0.3 is 4.90 Å². The van der Waals surface area contributed by atoms with E-state index in [2.05, 4.69) is 0 Å². The van der Waals surface area contributed by atoms with Crippen LogP contribution in [0.15, 0.2) is 0 Å². The third-order valence-corrected chi connectivity index (χ3v) is 4.51. The average Bonchev–Trinajstić information content (AvgIpc) is 2.90. The van der Waals surface area contributed by atoms with E-state index < -0.39 is 9.84 Å². The van der Waals surface area contributed by atoms with Crippen molar-refractivity contribution in [1.82, 2.24) is 4.90 Å². The minimum absolute atomic E-state index is 0.144. The maximum Gasteiger partial charge on any atom is 0.225 e. The van der Waals surface area contributed by atoms with E-state index in [1.807, 2.05) is 0 Å². The molecule has 14 heavy (non-hydrogen) atoms. The van der Waals surface area contributed by atoms with Crippen LogP contribution in [0.1, 0.15) is 19.3 Å². The van der Waals surface area contributed by atoms with E-state index >= 15 is 0 Å². The van der Waals surface area contributed by atoms with E-state index in [1.165, 1.54) is 0 Å². The van der Waals surface area contributed by atoms with Gasteiger partial charge in [0, 0.05) is 19.0 Å². The van der Waals surface area contributed by atoms with Crippen molar-refractivity contribution in [1.29, 1.82) is 0 Å². The fraction of sp³-hybridized carbons (Fsp3) is 0.889. The van der Waals surface area contributed by atoms with Crippen LogP contribution in [-0.4, -0.2) is 43.8 Å². The SMILES string of the molecule is O=C(C1CC1)N1CCCS(=O)(=O)CC1. The molecular weight excluding hydrogens is 202 g/mol. The highest BCUT2D eigenvalue weighted by Gasteiger charge is 2.34. The molecule has 0 radical (unpaired) electrons. The summed E-state index contributed by atoms with van der Waals surface area (Å²) in [6.45, 7) is 1.02. The smallest absolute Gasteiger partial charge is 0.225 e. The van der Waals surface area contributed by atoms with Crippen LogP contribution in [0.4, 0.5) is 0 Å². The lowest BCUT2D eigenvalue weighted by atomic mass is 10.3. The molecule has 5 heteroatoms. The van der Waals surface area contributed by atoms with E-state index in [0.717, 1.165) is 12.8 Å². The Hall–Kier alpha value is -0.580. The van der Waals surface area contributed by atoms with Crippen LogP contribution in [-0.2, 0) is 14.6 Å². The molecule has 2 rings (SSSR count). The molecule has 4 nitrogen and oxygen atoms in total. The monoisotopic (exact) mass is 217 g/mol. The molecule has 0 unspecified atom stereocenters. The van der Waals surface area contributed by atoms with Crippen molar-refractivity contribution >= 4 is 15.7 Å². The molecule has 2 aliphatic rings. The largest absolute Gasteiger partial charge is 0.341 e. The molecule has 1 heterocycles. The van der Waals surface area contributed by atoms with E-state index in [9.17, 15) is 13.2 Å². The summed E-state index contributed by atoms with van der Waals surface area (Å²) in [4.78, 5) is 13.4. The second-order valence-electron chi connectivity index (χ2n) is 4.10. The molecule has 0 atom stereocenters. The first-order chi connectivity index (χ1) is 6.58. The normalized spacial score (nSPS) is 27.0. The lowest BCUT2D eigenvalue weighted by molar-refractivity contribution is -0.132. The Morgan fingerprint density at radius 1 is 1.14 bits per heavy atom. The number of hydrogen-bond donors (Lipinski definition) is 0. The molecule has 0 aromatic heterocycles. The molecule has 1 aliphatic carbocycles. The lowest BCUT2D eigenvalue weighted by Gasteiger charge is -2.19. The van der Waals surface area contributed by atoms with Gasteiger partial charge in [0.05, 0.1) is 11.5 Å². The molecular formula is C9H15NO3S. The Balaban J connectivity index is 1.98. The predicted octanol–water partition coefficient (Wildman–Crippen LogP) is 0.0435. The van der Waals surface area contributed by atoms with E-state index in [4.69, 9.17) is 0 Å². The van der Waals surface area contributed by atoms with Crippen LogP contribution in [0.5, 0.6) is 0 Å². The highest BCUT2D eigenvalue weighted by atomic mass is 32.2. The number of carbonyl (C=O) groups is 1. The Morgan fingerprint density at radius 2 is 1.86 bits per heavy atom. The van der Waals surface area contributed by atoms with Gasteiger partial charge in [-0.3, -0.25) is 4.79 Å². The van der Waals surface area contributed by atoms with E-state index in [0.29, 0.717) is 19.5 Å². The zero-order valence-electron chi connectivity index (χ0n) is 8.11. The standard InChI is InChI=1S/C9H15NO3S/c11-9(8-2-3-8)10-4-1-6-14(12,13)7-5-10/h8H,1-7H2. The van der Waals surface area contributed by atoms with Crippen molar-refractivity contribution < 1.29 is 13.2 Å². The molecule has 2 fully saturated rings. The molecule has 1 amide bonds. The summed E-state index contributed by atoms with van der Waals surface area (Å²) in [5.41, 5.74) is 0. The summed E-state index contributed by atoms with van der Waals surface area (Å²) in [6, 6.07) is 0. The summed E-state index contributed by atoms with van der Waals surface area (Å²) in [6.07, 6.45) is 2.57. The minimum atomic E-state index is -2.88. The topological polar surface area (TPSA) is 54.5 Å². The van der Waals surface area contributed by atoms with E-state index in [-0.39, 0.29) is 23.3 Å². The van der Waals surface area contributed by atoms with Crippen LogP contribution >= 0.6 is 0 Å². The summed E-state index contributed by atoms with van der Waals surface area (Å²) in [7, 11) is -2.88. The van der Waals surface area contributed by atoms with Crippen LogP contribution in [0.2, 0.25) is 0 Å². The highest BCUT2D eigenvalue weighted by molar-refractivity contribution is 7.91. The van der Waals surface area contributed by atoms with Gasteiger partial charge in [0.2, 0.25) is 5.91 Å².